The molecule has 2 heterocycles. The molecule has 1 unspecified atom stereocenters. The Bertz CT molecular complexity index is 383. The van der Waals surface area contributed by atoms with Crippen LogP contribution in [0.2, 0.25) is 0 Å². The van der Waals surface area contributed by atoms with Crippen molar-refractivity contribution in [1.29, 1.82) is 0 Å². The molecule has 106 valence electrons. The first-order valence-electron chi connectivity index (χ1n) is 7.53. The molecule has 1 atom stereocenters. The average Bonchev–Trinajstić information content (AvgIpc) is 2.86. The fourth-order valence-corrected chi connectivity index (χ4v) is 2.78. The lowest BCUT2D eigenvalue weighted by atomic mass is 10.0. The molecule has 1 N–H and O–H groups in total. The van der Waals surface area contributed by atoms with Crippen molar-refractivity contribution in [2.24, 2.45) is 5.92 Å². The normalized spacial score (nSPS) is 19.7. The van der Waals surface area contributed by atoms with Gasteiger partial charge in [-0.25, -0.2) is 4.98 Å². The van der Waals surface area contributed by atoms with Crippen molar-refractivity contribution in [3.8, 4) is 0 Å². The summed E-state index contributed by atoms with van der Waals surface area (Å²) in [7, 11) is 0. The predicted octanol–water partition coefficient (Wildman–Crippen LogP) is 3.20. The summed E-state index contributed by atoms with van der Waals surface area (Å²) in [6.45, 7) is 11.0. The maximum absolute atomic E-state index is 4.66. The van der Waals surface area contributed by atoms with Gasteiger partial charge in [0.25, 0.3) is 0 Å². The quantitative estimate of drug-likeness (QED) is 0.882. The summed E-state index contributed by atoms with van der Waals surface area (Å²) < 4.78 is 0. The summed E-state index contributed by atoms with van der Waals surface area (Å²) in [5, 5.41) is 3.42. The summed E-state index contributed by atoms with van der Waals surface area (Å²) in [6, 6.07) is 5.56. The first-order valence-corrected chi connectivity index (χ1v) is 7.53. The largest absolute Gasteiger partial charge is 0.353 e. The van der Waals surface area contributed by atoms with Gasteiger partial charge in [-0.1, -0.05) is 33.8 Å². The lowest BCUT2D eigenvalue weighted by Gasteiger charge is -2.28. The van der Waals surface area contributed by atoms with Gasteiger partial charge in [0, 0.05) is 31.4 Å². The van der Waals surface area contributed by atoms with E-state index in [2.05, 4.69) is 55.0 Å². The molecule has 1 aromatic heterocycles. The lowest BCUT2D eigenvalue weighted by Crippen LogP contribution is -2.33. The number of nitrogens with one attached hydrogen (secondary N) is 1. The molecule has 19 heavy (non-hydrogen) atoms. The molecule has 1 fully saturated rings. The van der Waals surface area contributed by atoms with E-state index >= 15 is 0 Å². The molecule has 1 saturated heterocycles. The molecule has 0 amide bonds. The molecule has 0 radical (unpaired) electrons. The highest BCUT2D eigenvalue weighted by Gasteiger charge is 2.27. The van der Waals surface area contributed by atoms with Crippen molar-refractivity contribution < 1.29 is 0 Å². The van der Waals surface area contributed by atoms with E-state index in [1.54, 1.807) is 0 Å². The molecule has 3 heteroatoms. The van der Waals surface area contributed by atoms with Crippen LogP contribution in [0.5, 0.6) is 0 Å². The molecule has 1 aliphatic rings. The number of aromatic nitrogens is 1. The van der Waals surface area contributed by atoms with Gasteiger partial charge in [-0.05, 0) is 30.4 Å². The van der Waals surface area contributed by atoms with Gasteiger partial charge in [-0.3, -0.25) is 0 Å². The zero-order valence-corrected chi connectivity index (χ0v) is 12.7. The second kappa shape index (κ2) is 6.38. The Balaban J connectivity index is 2.01. The maximum atomic E-state index is 4.66. The van der Waals surface area contributed by atoms with E-state index in [0.29, 0.717) is 18.0 Å². The molecule has 1 aliphatic heterocycles. The summed E-state index contributed by atoms with van der Waals surface area (Å²) >= 11 is 0. The topological polar surface area (TPSA) is 28.2 Å². The predicted molar refractivity (Wildman–Crippen MR) is 81.4 cm³/mol. The number of pyridine rings is 1. The van der Waals surface area contributed by atoms with Crippen molar-refractivity contribution in [3.63, 3.8) is 0 Å². The number of nitrogens with zero attached hydrogens (tertiary/aromatic N) is 2. The van der Waals surface area contributed by atoms with Crippen molar-refractivity contribution in [3.05, 3.63) is 23.9 Å². The van der Waals surface area contributed by atoms with Gasteiger partial charge in [0.2, 0.25) is 0 Å². The summed E-state index contributed by atoms with van der Waals surface area (Å²) in [5.41, 5.74) is 1.26. The highest BCUT2D eigenvalue weighted by molar-refractivity contribution is 5.42. The minimum atomic E-state index is 0.517. The van der Waals surface area contributed by atoms with E-state index in [4.69, 9.17) is 0 Å². The second-order valence-corrected chi connectivity index (χ2v) is 6.21. The van der Waals surface area contributed by atoms with Crippen LogP contribution >= 0.6 is 0 Å². The molecular weight excluding hydrogens is 234 g/mol. The Morgan fingerprint density at radius 1 is 1.32 bits per heavy atom. The molecule has 0 aliphatic carbocycles. The van der Waals surface area contributed by atoms with Crippen LogP contribution in [0.1, 0.15) is 46.1 Å². The second-order valence-electron chi connectivity index (χ2n) is 6.21. The molecule has 0 bridgehead atoms. The lowest BCUT2D eigenvalue weighted by molar-refractivity contribution is 0.489. The highest BCUT2D eigenvalue weighted by atomic mass is 15.2. The van der Waals surface area contributed by atoms with Crippen LogP contribution in [0.4, 0.5) is 5.82 Å². The SMILES string of the molecule is CC(C)NCc1ccc(N2CCCC2C(C)C)nc1. The van der Waals surface area contributed by atoms with Gasteiger partial charge in [-0.15, -0.1) is 0 Å². The van der Waals surface area contributed by atoms with Gasteiger partial charge in [-0.2, -0.15) is 0 Å². The van der Waals surface area contributed by atoms with Crippen molar-refractivity contribution in [1.82, 2.24) is 10.3 Å². The summed E-state index contributed by atoms with van der Waals surface area (Å²) in [6.07, 6.45) is 4.61. The van der Waals surface area contributed by atoms with Gasteiger partial charge in [0.05, 0.1) is 0 Å². The molecule has 2 rings (SSSR count). The van der Waals surface area contributed by atoms with Crippen molar-refractivity contribution >= 4 is 5.82 Å². The molecule has 0 aromatic carbocycles. The highest BCUT2D eigenvalue weighted by Crippen LogP contribution is 2.28. The van der Waals surface area contributed by atoms with E-state index in [1.165, 1.54) is 18.4 Å². The molecule has 0 spiro atoms. The fraction of sp³-hybridized carbons (Fsp3) is 0.688. The minimum absolute atomic E-state index is 0.517. The van der Waals surface area contributed by atoms with E-state index < -0.39 is 0 Å². The number of rotatable bonds is 5. The number of hydrogen-bond donors (Lipinski definition) is 1. The summed E-state index contributed by atoms with van der Waals surface area (Å²) in [5.74, 6) is 1.84. The van der Waals surface area contributed by atoms with Gasteiger partial charge < -0.3 is 10.2 Å². The van der Waals surface area contributed by atoms with Crippen LogP contribution < -0.4 is 10.2 Å². The Labute approximate surface area is 117 Å². The van der Waals surface area contributed by atoms with Crippen LogP contribution in [0.3, 0.4) is 0 Å². The first-order chi connectivity index (χ1) is 9.08. The third-order valence-electron chi connectivity index (χ3n) is 3.89. The van der Waals surface area contributed by atoms with Crippen LogP contribution in [0.15, 0.2) is 18.3 Å². The average molecular weight is 261 g/mol. The van der Waals surface area contributed by atoms with Gasteiger partial charge >= 0.3 is 0 Å². The maximum Gasteiger partial charge on any atom is 0.128 e. The Kier molecular flexibility index (Phi) is 4.81. The van der Waals surface area contributed by atoms with E-state index in [0.717, 1.165) is 18.9 Å². The third kappa shape index (κ3) is 3.69. The van der Waals surface area contributed by atoms with E-state index in [9.17, 15) is 0 Å². The molecule has 1 aromatic rings. The number of anilines is 1. The van der Waals surface area contributed by atoms with Crippen molar-refractivity contribution in [2.45, 2.75) is 59.2 Å². The van der Waals surface area contributed by atoms with Crippen LogP contribution in [0, 0.1) is 5.92 Å². The third-order valence-corrected chi connectivity index (χ3v) is 3.89. The van der Waals surface area contributed by atoms with Crippen LogP contribution in [-0.2, 0) is 6.54 Å². The Morgan fingerprint density at radius 2 is 2.11 bits per heavy atom. The van der Waals surface area contributed by atoms with Crippen molar-refractivity contribution in [2.75, 3.05) is 11.4 Å². The van der Waals surface area contributed by atoms with Crippen LogP contribution in [-0.4, -0.2) is 23.6 Å². The Morgan fingerprint density at radius 3 is 2.68 bits per heavy atom. The first kappa shape index (κ1) is 14.3. The standard InChI is InChI=1S/C16H27N3/c1-12(2)15-6-5-9-19(15)16-8-7-14(11-18-16)10-17-13(3)4/h7-8,11-13,15,17H,5-6,9-10H2,1-4H3. The van der Waals surface area contributed by atoms with Gasteiger partial charge in [0.1, 0.15) is 5.82 Å². The molecule has 0 saturated carbocycles. The smallest absolute Gasteiger partial charge is 0.128 e. The molecule has 3 nitrogen and oxygen atoms in total. The Hall–Kier alpha value is -1.09. The number of hydrogen-bond acceptors (Lipinski definition) is 3. The molecular formula is C16H27N3. The summed E-state index contributed by atoms with van der Waals surface area (Å²) in [4.78, 5) is 7.13. The fourth-order valence-electron chi connectivity index (χ4n) is 2.78. The minimum Gasteiger partial charge on any atom is -0.353 e. The monoisotopic (exact) mass is 261 g/mol. The van der Waals surface area contributed by atoms with E-state index in [1.807, 2.05) is 6.20 Å². The van der Waals surface area contributed by atoms with E-state index in [-0.39, 0.29) is 0 Å². The van der Waals surface area contributed by atoms with Gasteiger partial charge in [0.15, 0.2) is 0 Å². The zero-order valence-electron chi connectivity index (χ0n) is 12.7. The zero-order chi connectivity index (χ0) is 13.8. The van der Waals surface area contributed by atoms with Crippen LogP contribution in [0.25, 0.3) is 0 Å².